The molecule has 2 aromatic carbocycles. The minimum absolute atomic E-state index is 0.0730. The van der Waals surface area contributed by atoms with Crippen LogP contribution in [0, 0.1) is 0 Å². The summed E-state index contributed by atoms with van der Waals surface area (Å²) in [6.45, 7) is 0.204. The molecule has 0 unspecified atom stereocenters. The van der Waals surface area contributed by atoms with Crippen molar-refractivity contribution in [3.63, 3.8) is 0 Å². The summed E-state index contributed by atoms with van der Waals surface area (Å²) in [6, 6.07) is 10.8. The summed E-state index contributed by atoms with van der Waals surface area (Å²) in [5, 5.41) is 11.7. The first kappa shape index (κ1) is 18.1. The van der Waals surface area contributed by atoms with Crippen LogP contribution in [0.3, 0.4) is 0 Å². The maximum absolute atomic E-state index is 12.8. The summed E-state index contributed by atoms with van der Waals surface area (Å²) in [7, 11) is -3.28. The van der Waals surface area contributed by atoms with E-state index in [1.54, 1.807) is 12.1 Å². The minimum atomic E-state index is -4.45. The molecule has 0 aliphatic heterocycles. The summed E-state index contributed by atoms with van der Waals surface area (Å²) in [6.07, 6.45) is -3.34. The van der Waals surface area contributed by atoms with Crippen molar-refractivity contribution in [2.45, 2.75) is 17.6 Å². The molecular weight excluding hydrogens is 369 g/mol. The average molecular weight is 382 g/mol. The molecule has 0 aliphatic carbocycles. The topological polar surface area (TPSA) is 77.7 Å². The van der Waals surface area contributed by atoms with Gasteiger partial charge < -0.3 is 0 Å². The van der Waals surface area contributed by atoms with E-state index in [1.807, 2.05) is 0 Å². The normalized spacial score (nSPS) is 12.3. The van der Waals surface area contributed by atoms with Gasteiger partial charge in [-0.25, -0.2) is 8.42 Å². The van der Waals surface area contributed by atoms with Gasteiger partial charge in [0.2, 0.25) is 5.82 Å². The molecule has 6 nitrogen and oxygen atoms in total. The predicted molar refractivity (Wildman–Crippen MR) is 86.9 cm³/mol. The number of rotatable bonds is 4. The van der Waals surface area contributed by atoms with E-state index in [0.717, 1.165) is 24.0 Å². The summed E-state index contributed by atoms with van der Waals surface area (Å²) < 4.78 is 61.2. The molecule has 0 saturated carbocycles. The average Bonchev–Trinajstić information content (AvgIpc) is 3.02. The van der Waals surface area contributed by atoms with Gasteiger partial charge in [-0.05, 0) is 35.0 Å². The van der Waals surface area contributed by atoms with Crippen LogP contribution in [0.4, 0.5) is 13.2 Å². The van der Waals surface area contributed by atoms with Crippen LogP contribution < -0.4 is 0 Å². The SMILES string of the molecule is CS(=O)(=O)c1ccc(Cn2nnc(-c3cccc(C(F)(F)F)c3)n2)cc1. The van der Waals surface area contributed by atoms with Gasteiger partial charge in [-0.2, -0.15) is 18.0 Å². The van der Waals surface area contributed by atoms with Gasteiger partial charge in [-0.3, -0.25) is 0 Å². The Morgan fingerprint density at radius 3 is 2.38 bits per heavy atom. The van der Waals surface area contributed by atoms with Gasteiger partial charge in [-0.1, -0.05) is 24.3 Å². The first-order valence-electron chi connectivity index (χ1n) is 7.37. The van der Waals surface area contributed by atoms with Crippen molar-refractivity contribution in [3.8, 4) is 11.4 Å². The van der Waals surface area contributed by atoms with Gasteiger partial charge in [0.15, 0.2) is 9.84 Å². The maximum atomic E-state index is 12.8. The lowest BCUT2D eigenvalue weighted by atomic mass is 10.1. The van der Waals surface area contributed by atoms with Crippen molar-refractivity contribution in [3.05, 3.63) is 59.7 Å². The van der Waals surface area contributed by atoms with Crippen molar-refractivity contribution in [1.82, 2.24) is 20.2 Å². The molecule has 0 aliphatic rings. The van der Waals surface area contributed by atoms with Crippen LogP contribution in [0.2, 0.25) is 0 Å². The zero-order valence-corrected chi connectivity index (χ0v) is 14.3. The molecule has 0 N–H and O–H groups in total. The number of hydrogen-bond donors (Lipinski definition) is 0. The van der Waals surface area contributed by atoms with Gasteiger partial charge in [0.1, 0.15) is 0 Å². The summed E-state index contributed by atoms with van der Waals surface area (Å²) >= 11 is 0. The number of nitrogens with zero attached hydrogens (tertiary/aromatic N) is 4. The van der Waals surface area contributed by atoms with Gasteiger partial charge in [-0.15, -0.1) is 10.2 Å². The third-order valence-corrected chi connectivity index (χ3v) is 4.70. The minimum Gasteiger partial charge on any atom is -0.224 e. The molecule has 3 aromatic rings. The van der Waals surface area contributed by atoms with Crippen LogP contribution in [0.5, 0.6) is 0 Å². The third kappa shape index (κ3) is 4.07. The van der Waals surface area contributed by atoms with E-state index in [1.165, 1.54) is 29.1 Å². The standard InChI is InChI=1S/C16H13F3N4O2S/c1-26(24,25)14-7-5-11(6-8-14)10-23-21-15(20-22-23)12-3-2-4-13(9-12)16(17,18)19/h2-9H,10H2,1H3. The van der Waals surface area contributed by atoms with Gasteiger partial charge in [0.25, 0.3) is 0 Å². The van der Waals surface area contributed by atoms with Crippen LogP contribution in [-0.4, -0.2) is 34.9 Å². The Balaban J connectivity index is 1.80. The Morgan fingerprint density at radius 1 is 1.08 bits per heavy atom. The van der Waals surface area contributed by atoms with Crippen molar-refractivity contribution in [1.29, 1.82) is 0 Å². The fourth-order valence-electron chi connectivity index (χ4n) is 2.27. The number of alkyl halides is 3. The summed E-state index contributed by atoms with van der Waals surface area (Å²) in [4.78, 5) is 1.42. The summed E-state index contributed by atoms with van der Waals surface area (Å²) in [5.41, 5.74) is 0.145. The molecule has 0 radical (unpaired) electrons. The molecule has 10 heteroatoms. The molecule has 0 amide bonds. The van der Waals surface area contributed by atoms with Crippen LogP contribution in [-0.2, 0) is 22.6 Å². The fraction of sp³-hybridized carbons (Fsp3) is 0.188. The highest BCUT2D eigenvalue weighted by Crippen LogP contribution is 2.31. The van der Waals surface area contributed by atoms with E-state index in [0.29, 0.717) is 0 Å². The second-order valence-electron chi connectivity index (χ2n) is 5.64. The molecule has 0 saturated heterocycles. The van der Waals surface area contributed by atoms with E-state index < -0.39 is 21.6 Å². The number of tetrazole rings is 1. The lowest BCUT2D eigenvalue weighted by Gasteiger charge is -2.06. The predicted octanol–water partition coefficient (Wildman–Crippen LogP) is 2.81. The van der Waals surface area contributed by atoms with Crippen molar-refractivity contribution in [2.75, 3.05) is 6.26 Å². The highest BCUT2D eigenvalue weighted by Gasteiger charge is 2.30. The molecule has 1 aromatic heterocycles. The van der Waals surface area contributed by atoms with Crippen LogP contribution in [0.1, 0.15) is 11.1 Å². The van der Waals surface area contributed by atoms with E-state index >= 15 is 0 Å². The second-order valence-corrected chi connectivity index (χ2v) is 7.65. The highest BCUT2D eigenvalue weighted by atomic mass is 32.2. The number of aromatic nitrogens is 4. The van der Waals surface area contributed by atoms with Crippen molar-refractivity contribution in [2.24, 2.45) is 0 Å². The monoisotopic (exact) mass is 382 g/mol. The Labute approximate surface area is 147 Å². The van der Waals surface area contributed by atoms with Gasteiger partial charge in [0.05, 0.1) is 17.0 Å². The Kier molecular flexibility index (Phi) is 4.53. The number of halogens is 3. The van der Waals surface area contributed by atoms with Crippen LogP contribution >= 0.6 is 0 Å². The lowest BCUT2D eigenvalue weighted by Crippen LogP contribution is -2.05. The first-order valence-corrected chi connectivity index (χ1v) is 9.26. The second kappa shape index (κ2) is 6.52. The van der Waals surface area contributed by atoms with Gasteiger partial charge in [0, 0.05) is 11.8 Å². The number of hydrogen-bond acceptors (Lipinski definition) is 5. The van der Waals surface area contributed by atoms with E-state index in [9.17, 15) is 21.6 Å². The van der Waals surface area contributed by atoms with E-state index in [4.69, 9.17) is 0 Å². The molecule has 1 heterocycles. The quantitative estimate of drug-likeness (QED) is 0.693. The Morgan fingerprint density at radius 2 is 1.77 bits per heavy atom. The molecule has 136 valence electrons. The Hall–Kier alpha value is -2.75. The molecule has 3 rings (SSSR count). The number of sulfone groups is 1. The van der Waals surface area contributed by atoms with Crippen LogP contribution in [0.25, 0.3) is 11.4 Å². The molecule has 0 fully saturated rings. The maximum Gasteiger partial charge on any atom is 0.416 e. The molecule has 0 spiro atoms. The molecular formula is C16H13F3N4O2S. The molecule has 0 bridgehead atoms. The van der Waals surface area contributed by atoms with E-state index in [-0.39, 0.29) is 22.8 Å². The largest absolute Gasteiger partial charge is 0.416 e. The zero-order chi connectivity index (χ0) is 18.9. The van der Waals surface area contributed by atoms with Crippen LogP contribution in [0.15, 0.2) is 53.4 Å². The number of benzene rings is 2. The highest BCUT2D eigenvalue weighted by molar-refractivity contribution is 7.90. The first-order chi connectivity index (χ1) is 12.1. The van der Waals surface area contributed by atoms with E-state index in [2.05, 4.69) is 15.4 Å². The molecule has 0 atom stereocenters. The van der Waals surface area contributed by atoms with Gasteiger partial charge >= 0.3 is 6.18 Å². The fourth-order valence-corrected chi connectivity index (χ4v) is 2.90. The van der Waals surface area contributed by atoms with Crippen molar-refractivity contribution >= 4 is 9.84 Å². The summed E-state index contributed by atoms with van der Waals surface area (Å²) in [5.74, 6) is 0.0730. The molecule has 26 heavy (non-hydrogen) atoms. The van der Waals surface area contributed by atoms with Crippen molar-refractivity contribution < 1.29 is 21.6 Å². The lowest BCUT2D eigenvalue weighted by molar-refractivity contribution is -0.137. The smallest absolute Gasteiger partial charge is 0.224 e. The zero-order valence-electron chi connectivity index (χ0n) is 13.5. The Bertz CT molecular complexity index is 1030. The third-order valence-electron chi connectivity index (χ3n) is 3.58.